The molecule has 180 valence electrons. The van der Waals surface area contributed by atoms with Gasteiger partial charge in [-0.3, -0.25) is 4.79 Å². The van der Waals surface area contributed by atoms with E-state index in [9.17, 15) is 13.2 Å². The van der Waals surface area contributed by atoms with Crippen molar-refractivity contribution in [2.45, 2.75) is 29.6 Å². The summed E-state index contributed by atoms with van der Waals surface area (Å²) in [6.45, 7) is 3.19. The molecule has 2 aromatic carbocycles. The number of nitrogens with zero attached hydrogens (tertiary/aromatic N) is 2. The zero-order valence-electron chi connectivity index (χ0n) is 19.1. The Balaban J connectivity index is 1.35. The van der Waals surface area contributed by atoms with E-state index in [4.69, 9.17) is 4.74 Å². The lowest BCUT2D eigenvalue weighted by Crippen LogP contribution is -2.41. The van der Waals surface area contributed by atoms with Crippen LogP contribution in [0.5, 0.6) is 5.75 Å². The van der Waals surface area contributed by atoms with E-state index in [1.807, 2.05) is 55.0 Å². The summed E-state index contributed by atoms with van der Waals surface area (Å²) in [5, 5.41) is 5.36. The molecular formula is C24H27N3O4S3. The zero-order chi connectivity index (χ0) is 24.1. The van der Waals surface area contributed by atoms with Crippen LogP contribution in [-0.2, 0) is 14.8 Å². The Morgan fingerprint density at radius 1 is 1.18 bits per heavy atom. The molecule has 4 rings (SSSR count). The molecule has 1 amide bonds. The highest BCUT2D eigenvalue weighted by molar-refractivity contribution is 7.99. The summed E-state index contributed by atoms with van der Waals surface area (Å²) in [5.41, 5.74) is 1.74. The lowest BCUT2D eigenvalue weighted by Gasteiger charge is -2.30. The normalized spacial score (nSPS) is 15.2. The maximum absolute atomic E-state index is 13.1. The highest BCUT2D eigenvalue weighted by Gasteiger charge is 2.33. The van der Waals surface area contributed by atoms with Gasteiger partial charge in [-0.25, -0.2) is 13.4 Å². The molecule has 0 saturated carbocycles. The predicted octanol–water partition coefficient (Wildman–Crippen LogP) is 4.97. The minimum atomic E-state index is -3.59. The number of carbonyl (C=O) groups is 1. The fourth-order valence-corrected chi connectivity index (χ4v) is 7.20. The van der Waals surface area contributed by atoms with E-state index in [1.165, 1.54) is 27.4 Å². The molecule has 1 saturated heterocycles. The molecule has 1 aliphatic heterocycles. The minimum absolute atomic E-state index is 0.117. The van der Waals surface area contributed by atoms with Gasteiger partial charge in [-0.1, -0.05) is 12.1 Å². The standard InChI is InChI=1S/C24H27N3O4S3/c1-3-31-19-10-8-17(9-11-19)20-16-33-24(25-20)26-23(28)18-12-14-27(15-13-18)34(29,30)22-7-5-4-6-21(22)32-2/h4-11,16,18H,3,12-15H2,1-2H3,(H,25,26,28). The Morgan fingerprint density at radius 3 is 2.56 bits per heavy atom. The molecule has 1 N–H and O–H groups in total. The van der Waals surface area contributed by atoms with Gasteiger partial charge in [0.25, 0.3) is 0 Å². The molecule has 0 spiro atoms. The van der Waals surface area contributed by atoms with Crippen molar-refractivity contribution in [3.63, 3.8) is 0 Å². The summed E-state index contributed by atoms with van der Waals surface area (Å²) in [6.07, 6.45) is 2.82. The van der Waals surface area contributed by atoms with Crippen LogP contribution in [0.25, 0.3) is 11.3 Å². The van der Waals surface area contributed by atoms with Crippen LogP contribution in [0.1, 0.15) is 19.8 Å². The molecule has 3 aromatic rings. The third kappa shape index (κ3) is 5.46. The molecule has 7 nitrogen and oxygen atoms in total. The van der Waals surface area contributed by atoms with Gasteiger partial charge in [0.15, 0.2) is 5.13 Å². The lowest BCUT2D eigenvalue weighted by atomic mass is 9.97. The van der Waals surface area contributed by atoms with Crippen molar-refractivity contribution in [2.75, 3.05) is 31.3 Å². The third-order valence-electron chi connectivity index (χ3n) is 5.71. The first kappa shape index (κ1) is 24.7. The van der Waals surface area contributed by atoms with E-state index in [1.54, 1.807) is 12.1 Å². The Morgan fingerprint density at radius 2 is 1.88 bits per heavy atom. The lowest BCUT2D eigenvalue weighted by molar-refractivity contribution is -0.120. The molecular weight excluding hydrogens is 490 g/mol. The molecule has 0 unspecified atom stereocenters. The van der Waals surface area contributed by atoms with Gasteiger partial charge in [0.2, 0.25) is 15.9 Å². The molecule has 34 heavy (non-hydrogen) atoms. The number of nitrogens with one attached hydrogen (secondary N) is 1. The average molecular weight is 518 g/mol. The van der Waals surface area contributed by atoms with Crippen LogP contribution in [-0.4, -0.2) is 49.6 Å². The number of thiazole rings is 1. The van der Waals surface area contributed by atoms with Crippen molar-refractivity contribution in [2.24, 2.45) is 5.92 Å². The third-order valence-corrected chi connectivity index (χ3v) is 9.35. The zero-order valence-corrected chi connectivity index (χ0v) is 21.5. The summed E-state index contributed by atoms with van der Waals surface area (Å²) >= 11 is 2.79. The van der Waals surface area contributed by atoms with E-state index in [-0.39, 0.29) is 11.8 Å². The summed E-state index contributed by atoms with van der Waals surface area (Å²) in [5.74, 6) is 0.439. The first-order valence-electron chi connectivity index (χ1n) is 11.0. The number of thioether (sulfide) groups is 1. The maximum atomic E-state index is 13.1. The molecule has 0 aliphatic carbocycles. The molecule has 2 heterocycles. The minimum Gasteiger partial charge on any atom is -0.494 e. The van der Waals surface area contributed by atoms with E-state index in [0.29, 0.717) is 42.6 Å². The number of rotatable bonds is 8. The van der Waals surface area contributed by atoms with Crippen LogP contribution >= 0.6 is 23.1 Å². The van der Waals surface area contributed by atoms with Crippen LogP contribution in [0.4, 0.5) is 5.13 Å². The van der Waals surface area contributed by atoms with Gasteiger partial charge in [-0.2, -0.15) is 4.31 Å². The number of carbonyl (C=O) groups excluding carboxylic acids is 1. The fraction of sp³-hybridized carbons (Fsp3) is 0.333. The van der Waals surface area contributed by atoms with Crippen molar-refractivity contribution in [1.29, 1.82) is 0 Å². The highest BCUT2D eigenvalue weighted by Crippen LogP contribution is 2.31. The molecule has 0 atom stereocenters. The highest BCUT2D eigenvalue weighted by atomic mass is 32.2. The summed E-state index contributed by atoms with van der Waals surface area (Å²) in [7, 11) is -3.59. The molecule has 1 fully saturated rings. The number of amides is 1. The van der Waals surface area contributed by atoms with Gasteiger partial charge in [0, 0.05) is 34.8 Å². The Hall–Kier alpha value is -2.40. The van der Waals surface area contributed by atoms with E-state index in [2.05, 4.69) is 10.3 Å². The Labute approximate surface area is 208 Å². The first-order chi connectivity index (χ1) is 16.4. The van der Waals surface area contributed by atoms with Gasteiger partial charge in [-0.05, 0) is 62.4 Å². The smallest absolute Gasteiger partial charge is 0.244 e. The second-order valence-electron chi connectivity index (χ2n) is 7.81. The molecule has 10 heteroatoms. The van der Waals surface area contributed by atoms with Gasteiger partial charge in [0.05, 0.1) is 17.2 Å². The monoisotopic (exact) mass is 517 g/mol. The van der Waals surface area contributed by atoms with Crippen LogP contribution in [0.2, 0.25) is 0 Å². The summed E-state index contributed by atoms with van der Waals surface area (Å²) in [4.78, 5) is 18.4. The van der Waals surface area contributed by atoms with Crippen molar-refractivity contribution in [1.82, 2.24) is 9.29 Å². The van der Waals surface area contributed by atoms with Gasteiger partial charge < -0.3 is 10.1 Å². The van der Waals surface area contributed by atoms with E-state index >= 15 is 0 Å². The van der Waals surface area contributed by atoms with Crippen LogP contribution in [0.3, 0.4) is 0 Å². The van der Waals surface area contributed by atoms with Crippen LogP contribution < -0.4 is 10.1 Å². The Kier molecular flexibility index (Phi) is 7.92. The SMILES string of the molecule is CCOc1ccc(-c2csc(NC(=O)C3CCN(S(=O)(=O)c4ccccc4SC)CC3)n2)cc1. The number of benzene rings is 2. The average Bonchev–Trinajstić information content (AvgIpc) is 3.33. The van der Waals surface area contributed by atoms with Crippen molar-refractivity contribution in [3.05, 3.63) is 53.9 Å². The first-order valence-corrected chi connectivity index (χ1v) is 14.6. The summed E-state index contributed by atoms with van der Waals surface area (Å²) < 4.78 is 33.2. The number of sulfonamides is 1. The predicted molar refractivity (Wildman–Crippen MR) is 137 cm³/mol. The maximum Gasteiger partial charge on any atom is 0.244 e. The second-order valence-corrected chi connectivity index (χ2v) is 11.4. The number of piperidine rings is 1. The number of hydrogen-bond acceptors (Lipinski definition) is 7. The van der Waals surface area contributed by atoms with Crippen molar-refractivity contribution < 1.29 is 17.9 Å². The largest absolute Gasteiger partial charge is 0.494 e. The molecule has 1 aliphatic rings. The molecule has 0 radical (unpaired) electrons. The number of anilines is 1. The van der Waals surface area contributed by atoms with Gasteiger partial charge in [-0.15, -0.1) is 23.1 Å². The molecule has 1 aromatic heterocycles. The van der Waals surface area contributed by atoms with Gasteiger partial charge >= 0.3 is 0 Å². The second kappa shape index (κ2) is 10.9. The number of ether oxygens (including phenoxy) is 1. The van der Waals surface area contributed by atoms with Gasteiger partial charge in [0.1, 0.15) is 5.75 Å². The summed E-state index contributed by atoms with van der Waals surface area (Å²) in [6, 6.07) is 14.7. The quantitative estimate of drug-likeness (QED) is 0.425. The number of hydrogen-bond donors (Lipinski definition) is 1. The molecule has 0 bridgehead atoms. The fourth-order valence-electron chi connectivity index (χ4n) is 3.89. The van der Waals surface area contributed by atoms with Crippen molar-refractivity contribution in [3.8, 4) is 17.0 Å². The topological polar surface area (TPSA) is 88.6 Å². The van der Waals surface area contributed by atoms with E-state index in [0.717, 1.165) is 21.9 Å². The Bertz CT molecular complexity index is 1230. The van der Waals surface area contributed by atoms with E-state index < -0.39 is 10.0 Å². The van der Waals surface area contributed by atoms with Crippen LogP contribution in [0, 0.1) is 5.92 Å². The number of aromatic nitrogens is 1. The van der Waals surface area contributed by atoms with Crippen molar-refractivity contribution >= 4 is 44.2 Å². The van der Waals surface area contributed by atoms with Crippen LogP contribution in [0.15, 0.2) is 63.7 Å².